The number of rotatable bonds is 5. The molecular weight excluding hydrogens is 370 g/mol. The Morgan fingerprint density at radius 2 is 1.93 bits per heavy atom. The lowest BCUT2D eigenvalue weighted by Gasteiger charge is -2.34. The lowest BCUT2D eigenvalue weighted by Crippen LogP contribution is -2.39. The monoisotopic (exact) mass is 394 g/mol. The molecule has 0 bridgehead atoms. The van der Waals surface area contributed by atoms with E-state index in [1.54, 1.807) is 12.1 Å². The standard InChI is InChI=1S/C23H24F2N4/c1-4-20-17(14-24)6-5-7-21(20)15(2)28-13-12-22-23(16(28)3)26-27-29(22)19-10-8-18(25)9-11-19/h5-13,16,26-27H,2,4,14H2,1,3H3. The summed E-state index contributed by atoms with van der Waals surface area (Å²) in [7, 11) is 0. The van der Waals surface area contributed by atoms with Crippen molar-refractivity contribution in [3.05, 3.63) is 95.2 Å². The Hall–Kier alpha value is -3.12. The maximum atomic E-state index is 13.4. The Kier molecular flexibility index (Phi) is 5.11. The van der Waals surface area contributed by atoms with E-state index in [0.717, 1.165) is 40.3 Å². The summed E-state index contributed by atoms with van der Waals surface area (Å²) < 4.78 is 26.7. The van der Waals surface area contributed by atoms with Crippen LogP contribution in [0, 0.1) is 5.82 Å². The number of hydrazine groups is 2. The smallest absolute Gasteiger partial charge is 0.123 e. The molecule has 0 radical (unpaired) electrons. The predicted molar refractivity (Wildman–Crippen MR) is 112 cm³/mol. The summed E-state index contributed by atoms with van der Waals surface area (Å²) >= 11 is 0. The molecule has 4 nitrogen and oxygen atoms in total. The summed E-state index contributed by atoms with van der Waals surface area (Å²) in [5, 5.41) is 1.88. The second kappa shape index (κ2) is 7.72. The van der Waals surface area contributed by atoms with Gasteiger partial charge in [-0.2, -0.15) is 0 Å². The fraction of sp³-hybridized carbons (Fsp3) is 0.217. The molecule has 2 aliphatic rings. The number of allylic oxidation sites excluding steroid dienone is 1. The number of alkyl halides is 1. The average molecular weight is 394 g/mol. The second-order valence-corrected chi connectivity index (χ2v) is 7.12. The summed E-state index contributed by atoms with van der Waals surface area (Å²) in [5.74, 6) is -0.271. The van der Waals surface area contributed by atoms with Crippen molar-refractivity contribution in [3.8, 4) is 0 Å². The fourth-order valence-electron chi connectivity index (χ4n) is 3.97. The van der Waals surface area contributed by atoms with Crippen molar-refractivity contribution < 1.29 is 8.78 Å². The lowest BCUT2D eigenvalue weighted by molar-refractivity contribution is 0.427. The Labute approximate surface area is 169 Å². The van der Waals surface area contributed by atoms with Crippen LogP contribution in [0.1, 0.15) is 30.5 Å². The van der Waals surface area contributed by atoms with Crippen molar-refractivity contribution in [2.24, 2.45) is 0 Å². The van der Waals surface area contributed by atoms with Crippen LogP contribution in [0.5, 0.6) is 0 Å². The van der Waals surface area contributed by atoms with E-state index in [9.17, 15) is 8.78 Å². The van der Waals surface area contributed by atoms with Crippen LogP contribution >= 0.6 is 0 Å². The number of halogens is 2. The number of anilines is 1. The SMILES string of the molecule is C=C(c1cccc(CF)c1CC)N1C=CC2=C(NNN2c2ccc(F)cc2)C1C. The zero-order valence-electron chi connectivity index (χ0n) is 16.5. The quantitative estimate of drug-likeness (QED) is 0.764. The number of hydrogen-bond acceptors (Lipinski definition) is 4. The van der Waals surface area contributed by atoms with Gasteiger partial charge in [-0.3, -0.25) is 5.01 Å². The van der Waals surface area contributed by atoms with Gasteiger partial charge in [-0.25, -0.2) is 8.78 Å². The molecule has 2 heterocycles. The molecule has 2 aromatic carbocycles. The highest BCUT2D eigenvalue weighted by atomic mass is 19.1. The van der Waals surface area contributed by atoms with Gasteiger partial charge in [0.25, 0.3) is 0 Å². The van der Waals surface area contributed by atoms with Crippen LogP contribution in [0.3, 0.4) is 0 Å². The van der Waals surface area contributed by atoms with E-state index < -0.39 is 6.67 Å². The highest BCUT2D eigenvalue weighted by Crippen LogP contribution is 2.34. The van der Waals surface area contributed by atoms with Crippen molar-refractivity contribution in [3.63, 3.8) is 0 Å². The van der Waals surface area contributed by atoms with E-state index >= 15 is 0 Å². The van der Waals surface area contributed by atoms with E-state index in [2.05, 4.69) is 29.4 Å². The zero-order valence-corrected chi connectivity index (χ0v) is 16.5. The van der Waals surface area contributed by atoms with E-state index in [1.807, 2.05) is 42.4 Å². The van der Waals surface area contributed by atoms with Crippen LogP contribution in [0.4, 0.5) is 14.5 Å². The van der Waals surface area contributed by atoms with Gasteiger partial charge in [0.05, 0.1) is 23.1 Å². The molecule has 0 aliphatic carbocycles. The molecule has 0 spiro atoms. The topological polar surface area (TPSA) is 30.5 Å². The highest BCUT2D eigenvalue weighted by molar-refractivity contribution is 5.69. The Morgan fingerprint density at radius 1 is 1.17 bits per heavy atom. The van der Waals surface area contributed by atoms with E-state index in [4.69, 9.17) is 0 Å². The number of nitrogens with zero attached hydrogens (tertiary/aromatic N) is 2. The minimum atomic E-state index is -0.483. The highest BCUT2D eigenvalue weighted by Gasteiger charge is 2.32. The average Bonchev–Trinajstić information content (AvgIpc) is 3.18. The van der Waals surface area contributed by atoms with Gasteiger partial charge in [-0.1, -0.05) is 31.7 Å². The third kappa shape index (κ3) is 3.29. The molecule has 0 amide bonds. The normalized spacial score (nSPS) is 18.1. The first kappa shape index (κ1) is 19.2. The summed E-state index contributed by atoms with van der Waals surface area (Å²) in [6.45, 7) is 7.94. The third-order valence-corrected chi connectivity index (χ3v) is 5.53. The molecule has 1 unspecified atom stereocenters. The first-order valence-corrected chi connectivity index (χ1v) is 9.69. The molecule has 0 fully saturated rings. The minimum Gasteiger partial charge on any atom is -0.339 e. The number of benzene rings is 2. The zero-order chi connectivity index (χ0) is 20.5. The van der Waals surface area contributed by atoms with Gasteiger partial charge < -0.3 is 10.3 Å². The molecule has 2 aromatic rings. The number of hydrogen-bond donors (Lipinski definition) is 2. The van der Waals surface area contributed by atoms with Gasteiger partial charge in [0.15, 0.2) is 0 Å². The van der Waals surface area contributed by atoms with Crippen molar-refractivity contribution in [1.29, 1.82) is 0 Å². The fourth-order valence-corrected chi connectivity index (χ4v) is 3.97. The van der Waals surface area contributed by atoms with Gasteiger partial charge in [0.1, 0.15) is 12.5 Å². The Balaban J connectivity index is 1.63. The lowest BCUT2D eigenvalue weighted by atomic mass is 9.96. The molecule has 4 rings (SSSR count). The molecule has 0 saturated carbocycles. The summed E-state index contributed by atoms with van der Waals surface area (Å²) in [6, 6.07) is 12.0. The number of nitrogens with one attached hydrogen (secondary N) is 2. The van der Waals surface area contributed by atoms with Crippen LogP contribution in [-0.4, -0.2) is 10.9 Å². The van der Waals surface area contributed by atoms with Crippen LogP contribution in [0.15, 0.2) is 72.7 Å². The first-order valence-electron chi connectivity index (χ1n) is 9.69. The van der Waals surface area contributed by atoms with Crippen molar-refractivity contribution in [2.45, 2.75) is 33.0 Å². The van der Waals surface area contributed by atoms with E-state index in [-0.39, 0.29) is 11.9 Å². The molecule has 29 heavy (non-hydrogen) atoms. The molecule has 0 aromatic heterocycles. The second-order valence-electron chi connectivity index (χ2n) is 7.12. The van der Waals surface area contributed by atoms with Crippen LogP contribution in [0.25, 0.3) is 5.70 Å². The van der Waals surface area contributed by atoms with Gasteiger partial charge >= 0.3 is 0 Å². The van der Waals surface area contributed by atoms with Gasteiger partial charge in [0, 0.05) is 17.5 Å². The molecule has 2 aliphatic heterocycles. The van der Waals surface area contributed by atoms with Crippen molar-refractivity contribution in [2.75, 3.05) is 5.01 Å². The van der Waals surface area contributed by atoms with Crippen molar-refractivity contribution >= 4 is 11.4 Å². The third-order valence-electron chi connectivity index (χ3n) is 5.53. The summed E-state index contributed by atoms with van der Waals surface area (Å²) in [6.07, 6.45) is 4.71. The van der Waals surface area contributed by atoms with Gasteiger partial charge in [-0.15, -0.1) is 5.53 Å². The Morgan fingerprint density at radius 3 is 2.62 bits per heavy atom. The minimum absolute atomic E-state index is 0.0146. The molecular formula is C23H24F2N4. The predicted octanol–water partition coefficient (Wildman–Crippen LogP) is 4.79. The van der Waals surface area contributed by atoms with E-state index in [1.165, 1.54) is 12.1 Å². The van der Waals surface area contributed by atoms with Gasteiger partial charge in [0.2, 0.25) is 0 Å². The maximum absolute atomic E-state index is 13.4. The summed E-state index contributed by atoms with van der Waals surface area (Å²) in [4.78, 5) is 2.08. The van der Waals surface area contributed by atoms with Crippen LogP contribution < -0.4 is 16.0 Å². The molecule has 6 heteroatoms. The van der Waals surface area contributed by atoms with E-state index in [0.29, 0.717) is 5.56 Å². The molecule has 0 saturated heterocycles. The Bertz CT molecular complexity index is 994. The van der Waals surface area contributed by atoms with Gasteiger partial charge in [-0.05, 0) is 54.8 Å². The molecule has 1 atom stereocenters. The first-order chi connectivity index (χ1) is 14.0. The summed E-state index contributed by atoms with van der Waals surface area (Å²) in [5.41, 5.74) is 12.6. The van der Waals surface area contributed by atoms with Crippen molar-refractivity contribution in [1.82, 2.24) is 15.9 Å². The largest absolute Gasteiger partial charge is 0.339 e. The van der Waals surface area contributed by atoms with Crippen LogP contribution in [-0.2, 0) is 13.1 Å². The molecule has 150 valence electrons. The maximum Gasteiger partial charge on any atom is 0.123 e. The molecule has 2 N–H and O–H groups in total. The van der Waals surface area contributed by atoms with Crippen LogP contribution in [0.2, 0.25) is 0 Å².